The normalized spacial score (nSPS) is 17.4. The van der Waals surface area contributed by atoms with Gasteiger partial charge in [0.1, 0.15) is 5.75 Å². The smallest absolute Gasteiger partial charge is 0.406 e. The van der Waals surface area contributed by atoms with Gasteiger partial charge in [0.05, 0.1) is 5.39 Å². The van der Waals surface area contributed by atoms with E-state index in [1.165, 1.54) is 18.6 Å². The molecule has 1 aliphatic heterocycles. The number of ether oxygens (including phenoxy) is 1. The van der Waals surface area contributed by atoms with Gasteiger partial charge in [-0.15, -0.1) is 13.2 Å². The van der Waals surface area contributed by atoms with Gasteiger partial charge in [0.2, 0.25) is 0 Å². The Bertz CT molecular complexity index is 916. The van der Waals surface area contributed by atoms with E-state index in [2.05, 4.69) is 20.5 Å². The summed E-state index contributed by atoms with van der Waals surface area (Å²) in [5.74, 6) is 0.418. The summed E-state index contributed by atoms with van der Waals surface area (Å²) in [6, 6.07) is 11.7. The van der Waals surface area contributed by atoms with Crippen LogP contribution in [0.25, 0.3) is 22.1 Å². The van der Waals surface area contributed by atoms with E-state index < -0.39 is 6.36 Å². The fourth-order valence-electron chi connectivity index (χ4n) is 3.25. The molecule has 4 rings (SSSR count). The summed E-state index contributed by atoms with van der Waals surface area (Å²) in [7, 11) is 0. The molecular formula is C19H18F3N3O2. The van der Waals surface area contributed by atoms with Gasteiger partial charge in [-0.1, -0.05) is 23.4 Å². The molecule has 5 nitrogen and oxygen atoms in total. The number of hydrogen-bond acceptors (Lipinski definition) is 5. The number of aromatic nitrogens is 1. The molecule has 0 saturated carbocycles. The molecule has 1 saturated heterocycles. The van der Waals surface area contributed by atoms with Crippen LogP contribution in [0.1, 0.15) is 12.8 Å². The Balaban J connectivity index is 1.54. The monoisotopic (exact) mass is 377 g/mol. The van der Waals surface area contributed by atoms with Gasteiger partial charge in [0.25, 0.3) is 0 Å². The van der Waals surface area contributed by atoms with Crippen LogP contribution in [0.5, 0.6) is 5.75 Å². The lowest BCUT2D eigenvalue weighted by Crippen LogP contribution is -2.29. The minimum atomic E-state index is -4.70. The van der Waals surface area contributed by atoms with E-state index in [-0.39, 0.29) is 5.75 Å². The molecule has 0 amide bonds. The van der Waals surface area contributed by atoms with E-state index >= 15 is 0 Å². The lowest BCUT2D eigenvalue weighted by molar-refractivity contribution is -0.274. The highest BCUT2D eigenvalue weighted by Gasteiger charge is 2.31. The molecule has 0 unspecified atom stereocenters. The van der Waals surface area contributed by atoms with Crippen LogP contribution in [0.2, 0.25) is 0 Å². The molecule has 142 valence electrons. The zero-order valence-corrected chi connectivity index (χ0v) is 14.3. The highest BCUT2D eigenvalue weighted by molar-refractivity contribution is 5.91. The van der Waals surface area contributed by atoms with E-state index in [0.29, 0.717) is 17.4 Å². The van der Waals surface area contributed by atoms with Gasteiger partial charge >= 0.3 is 6.36 Å². The molecule has 1 aliphatic rings. The highest BCUT2D eigenvalue weighted by Crippen LogP contribution is 2.31. The number of benzene rings is 2. The summed E-state index contributed by atoms with van der Waals surface area (Å²) in [6.07, 6.45) is -2.40. The van der Waals surface area contributed by atoms with Crippen LogP contribution in [0.15, 0.2) is 47.0 Å². The SMILES string of the molecule is FC(F)(F)Oc1ccc(-c2ccc3onc(NC[C@H]4CCCN4)c3c2)cc1. The van der Waals surface area contributed by atoms with E-state index in [9.17, 15) is 13.2 Å². The molecule has 27 heavy (non-hydrogen) atoms. The number of rotatable bonds is 5. The van der Waals surface area contributed by atoms with Gasteiger partial charge in [-0.3, -0.25) is 0 Å². The molecule has 2 aromatic carbocycles. The Morgan fingerprint density at radius 3 is 2.63 bits per heavy atom. The van der Waals surface area contributed by atoms with Gasteiger partial charge in [-0.25, -0.2) is 0 Å². The Morgan fingerprint density at radius 2 is 1.93 bits per heavy atom. The Kier molecular flexibility index (Phi) is 4.65. The standard InChI is InChI=1S/C19H18F3N3O2/c20-19(21,22)26-15-6-3-12(4-7-15)13-5-8-17-16(10-13)18(25-27-17)24-11-14-2-1-9-23-14/h3-8,10,14,23H,1-2,9,11H2,(H,24,25)/t14-/m1/s1. The van der Waals surface area contributed by atoms with Crippen LogP contribution in [0.4, 0.5) is 19.0 Å². The Hall–Kier alpha value is -2.74. The Morgan fingerprint density at radius 1 is 1.15 bits per heavy atom. The fraction of sp³-hybridized carbons (Fsp3) is 0.316. The first-order valence-corrected chi connectivity index (χ1v) is 8.71. The number of fused-ring (bicyclic) bond motifs is 1. The maximum Gasteiger partial charge on any atom is 0.573 e. The van der Waals surface area contributed by atoms with Gasteiger partial charge in [-0.2, -0.15) is 0 Å². The number of hydrogen-bond donors (Lipinski definition) is 2. The molecule has 2 N–H and O–H groups in total. The van der Waals surface area contributed by atoms with Crippen LogP contribution in [0, 0.1) is 0 Å². The topological polar surface area (TPSA) is 59.3 Å². The summed E-state index contributed by atoms with van der Waals surface area (Å²) in [6.45, 7) is 1.79. The zero-order valence-electron chi connectivity index (χ0n) is 14.3. The summed E-state index contributed by atoms with van der Waals surface area (Å²) in [5.41, 5.74) is 2.28. The van der Waals surface area contributed by atoms with Gasteiger partial charge < -0.3 is 19.9 Å². The first-order valence-electron chi connectivity index (χ1n) is 8.71. The first-order chi connectivity index (χ1) is 13.0. The van der Waals surface area contributed by atoms with Crippen LogP contribution >= 0.6 is 0 Å². The second-order valence-corrected chi connectivity index (χ2v) is 6.49. The van der Waals surface area contributed by atoms with E-state index in [1.54, 1.807) is 18.2 Å². The van der Waals surface area contributed by atoms with Gasteiger partial charge in [-0.05, 0) is 54.8 Å². The third-order valence-corrected chi connectivity index (χ3v) is 4.57. The van der Waals surface area contributed by atoms with Crippen molar-refractivity contribution in [3.05, 3.63) is 42.5 Å². The lowest BCUT2D eigenvalue weighted by Gasteiger charge is -2.11. The predicted octanol–water partition coefficient (Wildman–Crippen LogP) is 4.56. The third kappa shape index (κ3) is 4.16. The van der Waals surface area contributed by atoms with Gasteiger partial charge in [0, 0.05) is 12.6 Å². The number of alkyl halides is 3. The van der Waals surface area contributed by atoms with Crippen molar-refractivity contribution in [2.75, 3.05) is 18.4 Å². The first kappa shape index (κ1) is 17.7. The zero-order chi connectivity index (χ0) is 18.9. The number of halogens is 3. The summed E-state index contributed by atoms with van der Waals surface area (Å²) in [4.78, 5) is 0. The maximum absolute atomic E-state index is 12.3. The molecule has 8 heteroatoms. The minimum absolute atomic E-state index is 0.247. The highest BCUT2D eigenvalue weighted by atomic mass is 19.4. The second kappa shape index (κ2) is 7.11. The number of nitrogens with one attached hydrogen (secondary N) is 2. The van der Waals surface area contributed by atoms with Crippen molar-refractivity contribution in [2.24, 2.45) is 0 Å². The van der Waals surface area contributed by atoms with Crippen molar-refractivity contribution in [2.45, 2.75) is 25.2 Å². The van der Waals surface area contributed by atoms with Crippen molar-refractivity contribution in [1.29, 1.82) is 0 Å². The minimum Gasteiger partial charge on any atom is -0.406 e. The second-order valence-electron chi connectivity index (χ2n) is 6.49. The van der Waals surface area contributed by atoms with Crippen molar-refractivity contribution in [3.63, 3.8) is 0 Å². The number of anilines is 1. The van der Waals surface area contributed by atoms with E-state index in [0.717, 1.165) is 36.0 Å². The molecule has 0 bridgehead atoms. The van der Waals surface area contributed by atoms with Crippen molar-refractivity contribution < 1.29 is 22.4 Å². The lowest BCUT2D eigenvalue weighted by atomic mass is 10.0. The molecule has 1 aromatic heterocycles. The summed E-state index contributed by atoms with van der Waals surface area (Å²) < 4.78 is 46.1. The molecule has 1 atom stereocenters. The average molecular weight is 377 g/mol. The molecule has 3 aromatic rings. The van der Waals surface area contributed by atoms with Crippen molar-refractivity contribution >= 4 is 16.8 Å². The van der Waals surface area contributed by atoms with Crippen LogP contribution in [-0.4, -0.2) is 30.7 Å². The summed E-state index contributed by atoms with van der Waals surface area (Å²) in [5, 5.41) is 11.6. The maximum atomic E-state index is 12.3. The van der Waals surface area contributed by atoms with Crippen LogP contribution in [0.3, 0.4) is 0 Å². The van der Waals surface area contributed by atoms with Gasteiger partial charge in [0.15, 0.2) is 11.4 Å². The fourth-order valence-corrected chi connectivity index (χ4v) is 3.25. The van der Waals surface area contributed by atoms with E-state index in [1.807, 2.05) is 12.1 Å². The number of nitrogens with zero attached hydrogens (tertiary/aromatic N) is 1. The molecular weight excluding hydrogens is 359 g/mol. The van der Waals surface area contributed by atoms with Crippen molar-refractivity contribution in [1.82, 2.24) is 10.5 Å². The third-order valence-electron chi connectivity index (χ3n) is 4.57. The quantitative estimate of drug-likeness (QED) is 0.683. The average Bonchev–Trinajstić information content (AvgIpc) is 3.28. The molecule has 0 aliphatic carbocycles. The van der Waals surface area contributed by atoms with Crippen LogP contribution < -0.4 is 15.4 Å². The van der Waals surface area contributed by atoms with Crippen molar-refractivity contribution in [3.8, 4) is 16.9 Å². The van der Waals surface area contributed by atoms with E-state index in [4.69, 9.17) is 4.52 Å². The largest absolute Gasteiger partial charge is 0.573 e. The Labute approximate surface area is 153 Å². The predicted molar refractivity (Wildman–Crippen MR) is 95.6 cm³/mol. The molecule has 2 heterocycles. The molecule has 0 radical (unpaired) electrons. The summed E-state index contributed by atoms with van der Waals surface area (Å²) >= 11 is 0. The molecule has 0 spiro atoms. The molecule has 1 fully saturated rings. The van der Waals surface area contributed by atoms with Crippen LogP contribution in [-0.2, 0) is 0 Å².